The number of amides is 2. The van der Waals surface area contributed by atoms with E-state index in [2.05, 4.69) is 6.92 Å². The van der Waals surface area contributed by atoms with Gasteiger partial charge in [-0.3, -0.25) is 9.59 Å². The average Bonchev–Trinajstić information content (AvgIpc) is 2.80. The van der Waals surface area contributed by atoms with E-state index in [1.165, 1.54) is 12.1 Å². The Kier molecular flexibility index (Phi) is 4.86. The fraction of sp³-hybridized carbons (Fsp3) is 0.579. The Hall–Kier alpha value is -1.89. The summed E-state index contributed by atoms with van der Waals surface area (Å²) in [6.07, 6.45) is 4.12. The summed E-state index contributed by atoms with van der Waals surface area (Å²) in [5.74, 6) is -0.0328. The van der Waals surface area contributed by atoms with E-state index in [9.17, 15) is 18.0 Å². The maximum atomic E-state index is 12.9. The highest BCUT2D eigenvalue weighted by Gasteiger charge is 2.43. The zero-order valence-corrected chi connectivity index (χ0v) is 16.5. The number of benzene rings is 1. The monoisotopic (exact) mass is 378 g/mol. The molecule has 3 rings (SSSR count). The Morgan fingerprint density at radius 1 is 1.19 bits per heavy atom. The molecule has 1 aliphatic heterocycles. The molecule has 1 aromatic carbocycles. The highest BCUT2D eigenvalue weighted by atomic mass is 32.2. The summed E-state index contributed by atoms with van der Waals surface area (Å²) < 4.78 is 26.3. The molecule has 0 saturated heterocycles. The van der Waals surface area contributed by atoms with Crippen LogP contribution in [-0.4, -0.2) is 48.6 Å². The molecular weight excluding hydrogens is 352 g/mol. The van der Waals surface area contributed by atoms with E-state index in [1.807, 2.05) is 0 Å². The van der Waals surface area contributed by atoms with E-state index in [-0.39, 0.29) is 22.4 Å². The van der Waals surface area contributed by atoms with Crippen molar-refractivity contribution >= 4 is 21.8 Å². The molecule has 1 aromatic rings. The van der Waals surface area contributed by atoms with Crippen LogP contribution in [0.3, 0.4) is 0 Å². The van der Waals surface area contributed by atoms with Gasteiger partial charge in [-0.2, -0.15) is 0 Å². The van der Waals surface area contributed by atoms with E-state index in [0.717, 1.165) is 30.0 Å². The predicted molar refractivity (Wildman–Crippen MR) is 98.4 cm³/mol. The molecule has 2 amide bonds. The van der Waals surface area contributed by atoms with E-state index < -0.39 is 22.0 Å². The van der Waals surface area contributed by atoms with Gasteiger partial charge in [-0.15, -0.1) is 0 Å². The molecule has 0 N–H and O–H groups in total. The van der Waals surface area contributed by atoms with Gasteiger partial charge in [-0.1, -0.05) is 6.92 Å². The van der Waals surface area contributed by atoms with Crippen molar-refractivity contribution in [1.82, 2.24) is 9.21 Å². The number of hydrogen-bond acceptors (Lipinski definition) is 4. The minimum absolute atomic E-state index is 0.0623. The Morgan fingerprint density at radius 3 is 2.38 bits per heavy atom. The van der Waals surface area contributed by atoms with Crippen molar-refractivity contribution in [1.29, 1.82) is 0 Å². The number of nitrogens with zero attached hydrogens (tertiary/aromatic N) is 2. The van der Waals surface area contributed by atoms with Crippen molar-refractivity contribution in [2.75, 3.05) is 7.05 Å². The van der Waals surface area contributed by atoms with Gasteiger partial charge in [0.05, 0.1) is 5.56 Å². The fourth-order valence-corrected chi connectivity index (χ4v) is 5.68. The summed E-state index contributed by atoms with van der Waals surface area (Å²) in [7, 11) is -2.12. The second kappa shape index (κ2) is 6.68. The maximum Gasteiger partial charge on any atom is 0.269 e. The zero-order valence-electron chi connectivity index (χ0n) is 15.7. The normalized spacial score (nSPS) is 24.7. The Morgan fingerprint density at radius 2 is 1.81 bits per heavy atom. The Labute approximate surface area is 155 Å². The molecule has 142 valence electrons. The quantitative estimate of drug-likeness (QED) is 0.810. The van der Waals surface area contributed by atoms with Crippen LogP contribution < -0.4 is 0 Å². The summed E-state index contributed by atoms with van der Waals surface area (Å²) in [5.41, 5.74) is 0.455. The molecule has 1 fully saturated rings. The van der Waals surface area contributed by atoms with Crippen LogP contribution in [0.1, 0.15) is 67.2 Å². The van der Waals surface area contributed by atoms with Crippen LogP contribution in [0.5, 0.6) is 0 Å². The Bertz CT molecular complexity index is 839. The van der Waals surface area contributed by atoms with Gasteiger partial charge in [-0.25, -0.2) is 12.7 Å². The number of rotatable bonds is 3. The van der Waals surface area contributed by atoms with Crippen LogP contribution in [-0.2, 0) is 10.0 Å². The first-order valence-electron chi connectivity index (χ1n) is 9.14. The zero-order chi connectivity index (χ0) is 19.2. The minimum Gasteiger partial charge on any atom is -0.339 e. The smallest absolute Gasteiger partial charge is 0.269 e. The molecule has 0 unspecified atom stereocenters. The van der Waals surface area contributed by atoms with Gasteiger partial charge in [0.1, 0.15) is 4.90 Å². The fourth-order valence-electron chi connectivity index (χ4n) is 3.89. The molecule has 7 heteroatoms. The Balaban J connectivity index is 1.90. The molecular formula is C19H26N2O4S. The van der Waals surface area contributed by atoms with E-state index in [0.29, 0.717) is 11.5 Å². The third-order valence-electron chi connectivity index (χ3n) is 5.52. The largest absolute Gasteiger partial charge is 0.339 e. The van der Waals surface area contributed by atoms with E-state index >= 15 is 0 Å². The van der Waals surface area contributed by atoms with Gasteiger partial charge in [0.2, 0.25) is 0 Å². The van der Waals surface area contributed by atoms with Crippen molar-refractivity contribution in [3.63, 3.8) is 0 Å². The maximum absolute atomic E-state index is 12.9. The number of sulfonamides is 1. The van der Waals surface area contributed by atoms with Gasteiger partial charge in [0, 0.05) is 24.7 Å². The van der Waals surface area contributed by atoms with Crippen molar-refractivity contribution < 1.29 is 18.0 Å². The van der Waals surface area contributed by atoms with Gasteiger partial charge in [-0.05, 0) is 63.6 Å². The summed E-state index contributed by atoms with van der Waals surface area (Å²) >= 11 is 0. The second-order valence-corrected chi connectivity index (χ2v) is 9.52. The van der Waals surface area contributed by atoms with Crippen LogP contribution >= 0.6 is 0 Å². The summed E-state index contributed by atoms with van der Waals surface area (Å²) in [6.45, 7) is 5.54. The molecule has 2 aliphatic rings. The number of carbonyl (C=O) groups excluding carboxylic acids is 2. The van der Waals surface area contributed by atoms with Gasteiger partial charge in [0.25, 0.3) is 21.8 Å². The van der Waals surface area contributed by atoms with Gasteiger partial charge < -0.3 is 4.90 Å². The molecule has 0 radical (unpaired) electrons. The molecule has 0 spiro atoms. The van der Waals surface area contributed by atoms with Gasteiger partial charge >= 0.3 is 0 Å². The molecule has 6 nitrogen and oxygen atoms in total. The third kappa shape index (κ3) is 3.02. The SMILES string of the molecule is CC1CCC(N(C)C(=O)c2ccc3c(c2)S(=O)(=O)N(C(C)C)C3=O)CC1. The minimum atomic E-state index is -3.90. The number of carbonyl (C=O) groups is 2. The predicted octanol–water partition coefficient (Wildman–Crippen LogP) is 2.89. The average molecular weight is 378 g/mol. The van der Waals surface area contributed by atoms with E-state index in [1.54, 1.807) is 31.9 Å². The van der Waals surface area contributed by atoms with Crippen molar-refractivity contribution in [3.05, 3.63) is 29.3 Å². The lowest BCUT2D eigenvalue weighted by Crippen LogP contribution is -2.39. The highest BCUT2D eigenvalue weighted by molar-refractivity contribution is 7.90. The van der Waals surface area contributed by atoms with Crippen molar-refractivity contribution in [2.45, 2.75) is 63.4 Å². The summed E-state index contributed by atoms with van der Waals surface area (Å²) in [5, 5.41) is 0. The number of hydrogen-bond donors (Lipinski definition) is 0. The van der Waals surface area contributed by atoms with Crippen LogP contribution in [0.15, 0.2) is 23.1 Å². The molecule has 26 heavy (non-hydrogen) atoms. The number of fused-ring (bicyclic) bond motifs is 1. The third-order valence-corrected chi connectivity index (χ3v) is 7.52. The van der Waals surface area contributed by atoms with Gasteiger partial charge in [0.15, 0.2) is 0 Å². The lowest BCUT2D eigenvalue weighted by Gasteiger charge is -2.33. The molecule has 1 heterocycles. The van der Waals surface area contributed by atoms with Crippen LogP contribution in [0.2, 0.25) is 0 Å². The second-order valence-electron chi connectivity index (χ2n) is 7.74. The first-order valence-corrected chi connectivity index (χ1v) is 10.6. The summed E-state index contributed by atoms with van der Waals surface area (Å²) in [6, 6.07) is 4.08. The molecule has 0 bridgehead atoms. The first-order chi connectivity index (χ1) is 12.1. The highest BCUT2D eigenvalue weighted by Crippen LogP contribution is 2.33. The molecule has 1 aliphatic carbocycles. The standard InChI is InChI=1S/C19H26N2O4S/c1-12(2)21-19(23)16-10-7-14(11-17(16)26(21,24)25)18(22)20(4)15-8-5-13(3)6-9-15/h7,10-13,15H,5-6,8-9H2,1-4H3. The summed E-state index contributed by atoms with van der Waals surface area (Å²) in [4.78, 5) is 26.9. The lowest BCUT2D eigenvalue weighted by molar-refractivity contribution is 0.0678. The molecule has 1 saturated carbocycles. The first kappa shape index (κ1) is 18.9. The lowest BCUT2D eigenvalue weighted by atomic mass is 9.86. The van der Waals surface area contributed by atoms with Crippen LogP contribution in [0.25, 0.3) is 0 Å². The van der Waals surface area contributed by atoms with Crippen molar-refractivity contribution in [2.24, 2.45) is 5.92 Å². The molecule has 0 aromatic heterocycles. The van der Waals surface area contributed by atoms with Crippen molar-refractivity contribution in [3.8, 4) is 0 Å². The van der Waals surface area contributed by atoms with E-state index in [4.69, 9.17) is 0 Å². The molecule has 0 atom stereocenters. The van der Waals surface area contributed by atoms with Crippen LogP contribution in [0.4, 0.5) is 0 Å². The topological polar surface area (TPSA) is 74.8 Å². The van der Waals surface area contributed by atoms with Crippen LogP contribution in [0, 0.1) is 5.92 Å².